The topological polar surface area (TPSA) is 70.2 Å². The maximum absolute atomic E-state index is 12.5. The molecule has 148 valence electrons. The fourth-order valence-corrected chi connectivity index (χ4v) is 3.66. The molecule has 0 atom stereocenters. The van der Waals surface area contributed by atoms with E-state index in [0.717, 1.165) is 24.0 Å². The first-order valence-electron chi connectivity index (χ1n) is 10.2. The lowest BCUT2D eigenvalue weighted by molar-refractivity contribution is -0.121. The van der Waals surface area contributed by atoms with Crippen LogP contribution in [0.1, 0.15) is 55.7 Å². The van der Waals surface area contributed by atoms with Gasteiger partial charge >= 0.3 is 6.03 Å². The number of benzene rings is 2. The third kappa shape index (κ3) is 6.12. The standard InChI is InChI=1S/C23H29N3O2/c27-21(16-17-24-23(28)25-20-14-8-3-9-15-20)26-22(18-10-4-1-5-11-18)19-12-6-2-7-13-19/h1-2,4-7,10-13,20,22H,3,8-9,14-17H2,(H,26,27)(H2,24,25,28). The summed E-state index contributed by atoms with van der Waals surface area (Å²) in [7, 11) is 0. The van der Waals surface area contributed by atoms with Gasteiger partial charge in [-0.05, 0) is 24.0 Å². The molecule has 5 heteroatoms. The van der Waals surface area contributed by atoms with Crippen molar-refractivity contribution < 1.29 is 9.59 Å². The van der Waals surface area contributed by atoms with Crippen molar-refractivity contribution in [1.29, 1.82) is 0 Å². The van der Waals surface area contributed by atoms with Crippen LogP contribution in [0.5, 0.6) is 0 Å². The number of hydrogen-bond acceptors (Lipinski definition) is 2. The van der Waals surface area contributed by atoms with Gasteiger partial charge in [-0.3, -0.25) is 4.79 Å². The van der Waals surface area contributed by atoms with Crippen molar-refractivity contribution in [3.05, 3.63) is 71.8 Å². The second kappa shape index (κ2) is 10.5. The quantitative estimate of drug-likeness (QED) is 0.682. The van der Waals surface area contributed by atoms with Crippen molar-refractivity contribution in [2.24, 2.45) is 0 Å². The second-order valence-corrected chi connectivity index (χ2v) is 7.31. The molecule has 5 nitrogen and oxygen atoms in total. The molecule has 0 spiro atoms. The van der Waals surface area contributed by atoms with E-state index in [1.165, 1.54) is 19.3 Å². The first-order valence-corrected chi connectivity index (χ1v) is 10.2. The third-order valence-corrected chi connectivity index (χ3v) is 5.15. The first-order chi connectivity index (χ1) is 13.7. The van der Waals surface area contributed by atoms with Crippen LogP contribution in [0.2, 0.25) is 0 Å². The lowest BCUT2D eigenvalue weighted by atomic mass is 9.96. The highest BCUT2D eigenvalue weighted by Crippen LogP contribution is 2.21. The minimum absolute atomic E-state index is 0.0873. The predicted molar refractivity (Wildman–Crippen MR) is 111 cm³/mol. The van der Waals surface area contributed by atoms with Crippen LogP contribution in [0.15, 0.2) is 60.7 Å². The van der Waals surface area contributed by atoms with Gasteiger partial charge in [-0.15, -0.1) is 0 Å². The zero-order chi connectivity index (χ0) is 19.6. The number of carbonyl (C=O) groups is 2. The molecular formula is C23H29N3O2. The van der Waals surface area contributed by atoms with Gasteiger partial charge in [0.1, 0.15) is 0 Å². The molecule has 0 heterocycles. The minimum atomic E-state index is -0.203. The van der Waals surface area contributed by atoms with Crippen LogP contribution >= 0.6 is 0 Å². The van der Waals surface area contributed by atoms with Gasteiger partial charge in [0.2, 0.25) is 5.91 Å². The van der Waals surface area contributed by atoms with Crippen LogP contribution in [0.25, 0.3) is 0 Å². The Bertz CT molecular complexity index is 703. The molecule has 0 radical (unpaired) electrons. The van der Waals surface area contributed by atoms with Crippen LogP contribution in [0, 0.1) is 0 Å². The Kier molecular flexibility index (Phi) is 7.47. The van der Waals surface area contributed by atoms with E-state index in [2.05, 4.69) is 16.0 Å². The number of hydrogen-bond donors (Lipinski definition) is 3. The van der Waals surface area contributed by atoms with E-state index < -0.39 is 0 Å². The molecule has 0 saturated heterocycles. The average Bonchev–Trinajstić information content (AvgIpc) is 2.74. The summed E-state index contributed by atoms with van der Waals surface area (Å²) in [4.78, 5) is 24.5. The fraction of sp³-hybridized carbons (Fsp3) is 0.391. The van der Waals surface area contributed by atoms with E-state index in [9.17, 15) is 9.59 Å². The molecule has 2 aromatic carbocycles. The van der Waals surface area contributed by atoms with Gasteiger partial charge in [0, 0.05) is 19.0 Å². The molecule has 1 fully saturated rings. The third-order valence-electron chi connectivity index (χ3n) is 5.15. The van der Waals surface area contributed by atoms with Crippen LogP contribution in [0.4, 0.5) is 4.79 Å². The highest BCUT2D eigenvalue weighted by atomic mass is 16.2. The highest BCUT2D eigenvalue weighted by Gasteiger charge is 2.17. The summed E-state index contributed by atoms with van der Waals surface area (Å²) in [6.07, 6.45) is 5.94. The van der Waals surface area contributed by atoms with Gasteiger partial charge in [-0.25, -0.2) is 4.79 Å². The number of nitrogens with one attached hydrogen (secondary N) is 3. The monoisotopic (exact) mass is 379 g/mol. The van der Waals surface area contributed by atoms with Gasteiger partial charge in [-0.1, -0.05) is 79.9 Å². The maximum Gasteiger partial charge on any atom is 0.315 e. The molecule has 3 rings (SSSR count). The van der Waals surface area contributed by atoms with Crippen molar-refractivity contribution in [2.45, 2.75) is 50.6 Å². The molecule has 1 aliphatic rings. The lowest BCUT2D eigenvalue weighted by Gasteiger charge is -2.23. The van der Waals surface area contributed by atoms with Gasteiger partial charge in [0.05, 0.1) is 6.04 Å². The highest BCUT2D eigenvalue weighted by molar-refractivity contribution is 5.79. The Hall–Kier alpha value is -2.82. The molecule has 0 aromatic heterocycles. The van der Waals surface area contributed by atoms with Crippen molar-refractivity contribution in [3.8, 4) is 0 Å². The predicted octanol–water partition coefficient (Wildman–Crippen LogP) is 3.91. The van der Waals surface area contributed by atoms with Crippen LogP contribution < -0.4 is 16.0 Å². The zero-order valence-corrected chi connectivity index (χ0v) is 16.2. The molecule has 3 N–H and O–H groups in total. The van der Waals surface area contributed by atoms with Gasteiger partial charge < -0.3 is 16.0 Å². The fourth-order valence-electron chi connectivity index (χ4n) is 3.66. The molecule has 0 unspecified atom stereocenters. The minimum Gasteiger partial charge on any atom is -0.345 e. The number of amides is 3. The van der Waals surface area contributed by atoms with Crippen molar-refractivity contribution >= 4 is 11.9 Å². The van der Waals surface area contributed by atoms with Gasteiger partial charge in [0.25, 0.3) is 0 Å². The summed E-state index contributed by atoms with van der Waals surface area (Å²) < 4.78 is 0. The van der Waals surface area contributed by atoms with E-state index >= 15 is 0 Å². The van der Waals surface area contributed by atoms with Crippen LogP contribution in [0.3, 0.4) is 0 Å². The molecule has 2 aromatic rings. The summed E-state index contributed by atoms with van der Waals surface area (Å²) in [6.45, 7) is 0.320. The Balaban J connectivity index is 1.49. The normalized spacial score (nSPS) is 14.5. The van der Waals surface area contributed by atoms with E-state index in [1.54, 1.807) is 0 Å². The number of rotatable bonds is 7. The van der Waals surface area contributed by atoms with E-state index in [1.807, 2.05) is 60.7 Å². The van der Waals surface area contributed by atoms with Crippen molar-refractivity contribution in [1.82, 2.24) is 16.0 Å². The van der Waals surface area contributed by atoms with E-state index in [-0.39, 0.29) is 30.4 Å². The summed E-state index contributed by atoms with van der Waals surface area (Å²) in [5.41, 5.74) is 2.06. The average molecular weight is 380 g/mol. The van der Waals surface area contributed by atoms with Gasteiger partial charge in [0.15, 0.2) is 0 Å². The summed E-state index contributed by atoms with van der Waals surface area (Å²) >= 11 is 0. The van der Waals surface area contributed by atoms with Crippen LogP contribution in [-0.4, -0.2) is 24.5 Å². The maximum atomic E-state index is 12.5. The van der Waals surface area contributed by atoms with Gasteiger partial charge in [-0.2, -0.15) is 0 Å². The summed E-state index contributed by atoms with van der Waals surface area (Å²) in [5, 5.41) is 8.90. The van der Waals surface area contributed by atoms with E-state index in [0.29, 0.717) is 6.54 Å². The molecule has 1 saturated carbocycles. The Morgan fingerprint density at radius 1 is 0.857 bits per heavy atom. The molecule has 1 aliphatic carbocycles. The van der Waals surface area contributed by atoms with Crippen LogP contribution in [-0.2, 0) is 4.79 Å². The smallest absolute Gasteiger partial charge is 0.315 e. The van der Waals surface area contributed by atoms with Crippen molar-refractivity contribution in [3.63, 3.8) is 0 Å². The molecular weight excluding hydrogens is 350 g/mol. The summed E-state index contributed by atoms with van der Waals surface area (Å²) in [5.74, 6) is -0.0873. The second-order valence-electron chi connectivity index (χ2n) is 7.31. The first kappa shape index (κ1) is 19.9. The lowest BCUT2D eigenvalue weighted by Crippen LogP contribution is -2.44. The van der Waals surface area contributed by atoms with E-state index in [4.69, 9.17) is 0 Å². The number of urea groups is 1. The summed E-state index contributed by atoms with van der Waals surface area (Å²) in [6, 6.07) is 19.7. The van der Waals surface area contributed by atoms with Crippen molar-refractivity contribution in [2.75, 3.05) is 6.54 Å². The Labute approximate surface area is 166 Å². The molecule has 28 heavy (non-hydrogen) atoms. The zero-order valence-electron chi connectivity index (χ0n) is 16.2. The SMILES string of the molecule is O=C(CCNC(=O)NC1CCCCC1)NC(c1ccccc1)c1ccccc1. The molecule has 3 amide bonds. The Morgan fingerprint density at radius 2 is 1.43 bits per heavy atom. The molecule has 0 bridgehead atoms. The largest absolute Gasteiger partial charge is 0.345 e. The Morgan fingerprint density at radius 3 is 2.00 bits per heavy atom. The number of carbonyl (C=O) groups excluding carboxylic acids is 2. The molecule has 0 aliphatic heterocycles.